The number of hydrogen-bond donors (Lipinski definition) is 1. The smallest absolute Gasteiger partial charge is 0.0597 e. The van der Waals surface area contributed by atoms with Gasteiger partial charge in [0.05, 0.1) is 11.4 Å². The second-order valence-corrected chi connectivity index (χ2v) is 5.14. The van der Waals surface area contributed by atoms with Crippen LogP contribution in [0.4, 0.5) is 0 Å². The lowest BCUT2D eigenvalue weighted by Gasteiger charge is -2.04. The van der Waals surface area contributed by atoms with Crippen LogP contribution in [-0.4, -0.2) is 15.8 Å². The highest BCUT2D eigenvalue weighted by molar-refractivity contribution is 5.27. The van der Waals surface area contributed by atoms with Crippen molar-refractivity contribution in [1.29, 1.82) is 0 Å². The summed E-state index contributed by atoms with van der Waals surface area (Å²) >= 11 is 0. The lowest BCUT2D eigenvalue weighted by Crippen LogP contribution is -2.19. The zero-order valence-corrected chi connectivity index (χ0v) is 10.9. The number of nitrogens with one attached hydrogen (secondary N) is 1. The third kappa shape index (κ3) is 2.31. The van der Waals surface area contributed by atoms with Gasteiger partial charge in [0.25, 0.3) is 0 Å². The first-order valence-corrected chi connectivity index (χ1v) is 6.52. The molecule has 1 N–H and O–H groups in total. The number of benzene rings is 1. The highest BCUT2D eigenvalue weighted by atomic mass is 15.3. The van der Waals surface area contributed by atoms with Gasteiger partial charge in [-0.25, -0.2) is 0 Å². The van der Waals surface area contributed by atoms with E-state index in [9.17, 15) is 0 Å². The van der Waals surface area contributed by atoms with Crippen LogP contribution in [0.1, 0.15) is 29.3 Å². The van der Waals surface area contributed by atoms with Gasteiger partial charge in [0, 0.05) is 25.6 Å². The maximum atomic E-state index is 4.36. The number of rotatable bonds is 4. The van der Waals surface area contributed by atoms with Crippen LogP contribution in [-0.2, 0) is 13.6 Å². The summed E-state index contributed by atoms with van der Waals surface area (Å²) in [5, 5.41) is 7.98. The summed E-state index contributed by atoms with van der Waals surface area (Å²) in [5.74, 6) is 0.695. The number of nitrogens with zero attached hydrogens (tertiary/aromatic N) is 2. The molecule has 3 rings (SSSR count). The molecule has 0 bridgehead atoms. The Morgan fingerprint density at radius 3 is 2.78 bits per heavy atom. The first-order valence-electron chi connectivity index (χ1n) is 6.52. The molecule has 1 aliphatic carbocycles. The fourth-order valence-corrected chi connectivity index (χ4v) is 2.55. The van der Waals surface area contributed by atoms with E-state index >= 15 is 0 Å². The van der Waals surface area contributed by atoms with Crippen molar-refractivity contribution in [3.8, 4) is 0 Å². The molecule has 0 amide bonds. The van der Waals surface area contributed by atoms with E-state index in [4.69, 9.17) is 0 Å². The van der Waals surface area contributed by atoms with Gasteiger partial charge < -0.3 is 5.32 Å². The van der Waals surface area contributed by atoms with Crippen molar-refractivity contribution in [2.45, 2.75) is 31.8 Å². The normalized spacial score (nSPS) is 22.1. The van der Waals surface area contributed by atoms with E-state index in [0.717, 1.165) is 12.2 Å². The molecule has 0 radical (unpaired) electrons. The van der Waals surface area contributed by atoms with Crippen LogP contribution in [0.5, 0.6) is 0 Å². The van der Waals surface area contributed by atoms with Crippen molar-refractivity contribution < 1.29 is 0 Å². The van der Waals surface area contributed by atoms with Gasteiger partial charge in [0.2, 0.25) is 0 Å². The molecule has 0 saturated heterocycles. The molecule has 1 heterocycles. The van der Waals surface area contributed by atoms with Crippen molar-refractivity contribution in [3.63, 3.8) is 0 Å². The van der Waals surface area contributed by atoms with Crippen molar-refractivity contribution in [2.24, 2.45) is 7.05 Å². The molecule has 3 heteroatoms. The van der Waals surface area contributed by atoms with Crippen LogP contribution in [0.2, 0.25) is 0 Å². The molecule has 2 aromatic rings. The Kier molecular flexibility index (Phi) is 2.92. The molecule has 94 valence electrons. The Morgan fingerprint density at radius 1 is 1.33 bits per heavy atom. The molecular weight excluding hydrogens is 222 g/mol. The molecule has 1 fully saturated rings. The Labute approximate surface area is 108 Å². The quantitative estimate of drug-likeness (QED) is 0.890. The molecule has 18 heavy (non-hydrogen) atoms. The van der Waals surface area contributed by atoms with Crippen molar-refractivity contribution in [3.05, 3.63) is 53.3 Å². The molecule has 0 spiro atoms. The molecule has 2 atom stereocenters. The van der Waals surface area contributed by atoms with Crippen molar-refractivity contribution >= 4 is 0 Å². The summed E-state index contributed by atoms with van der Waals surface area (Å²) in [7, 11) is 2.01. The number of aryl methyl sites for hydroxylation is 2. The van der Waals surface area contributed by atoms with Gasteiger partial charge in [-0.3, -0.25) is 4.68 Å². The van der Waals surface area contributed by atoms with E-state index in [0.29, 0.717) is 12.0 Å². The average Bonchev–Trinajstić information content (AvgIpc) is 3.08. The topological polar surface area (TPSA) is 29.9 Å². The van der Waals surface area contributed by atoms with Gasteiger partial charge in [-0.1, -0.05) is 30.3 Å². The first-order chi connectivity index (χ1) is 8.74. The Morgan fingerprint density at radius 2 is 2.11 bits per heavy atom. The molecule has 1 saturated carbocycles. The van der Waals surface area contributed by atoms with Crippen LogP contribution >= 0.6 is 0 Å². The van der Waals surface area contributed by atoms with E-state index in [1.54, 1.807) is 0 Å². The predicted molar refractivity (Wildman–Crippen MR) is 72.4 cm³/mol. The van der Waals surface area contributed by atoms with Crippen LogP contribution in [0.25, 0.3) is 0 Å². The molecule has 3 nitrogen and oxygen atoms in total. The van der Waals surface area contributed by atoms with Crippen LogP contribution in [0.15, 0.2) is 36.4 Å². The second kappa shape index (κ2) is 4.58. The van der Waals surface area contributed by atoms with Gasteiger partial charge in [-0.15, -0.1) is 0 Å². The second-order valence-electron chi connectivity index (χ2n) is 5.14. The molecule has 1 aromatic carbocycles. The van der Waals surface area contributed by atoms with Crippen LogP contribution < -0.4 is 5.32 Å². The molecule has 1 aromatic heterocycles. The minimum atomic E-state index is 0.627. The van der Waals surface area contributed by atoms with Crippen LogP contribution in [0.3, 0.4) is 0 Å². The lowest BCUT2D eigenvalue weighted by atomic mass is 10.1. The van der Waals surface area contributed by atoms with Gasteiger partial charge >= 0.3 is 0 Å². The fourth-order valence-electron chi connectivity index (χ4n) is 2.55. The lowest BCUT2D eigenvalue weighted by molar-refractivity contribution is 0.614. The fraction of sp³-hybridized carbons (Fsp3) is 0.400. The van der Waals surface area contributed by atoms with Crippen molar-refractivity contribution in [1.82, 2.24) is 15.1 Å². The largest absolute Gasteiger partial charge is 0.308 e. The van der Waals surface area contributed by atoms with E-state index < -0.39 is 0 Å². The molecule has 1 aliphatic rings. The summed E-state index contributed by atoms with van der Waals surface area (Å²) in [4.78, 5) is 0. The van der Waals surface area contributed by atoms with E-state index in [2.05, 4.69) is 46.8 Å². The minimum absolute atomic E-state index is 0.627. The Bertz CT molecular complexity index is 530. The first kappa shape index (κ1) is 11.5. The molecule has 2 unspecified atom stereocenters. The van der Waals surface area contributed by atoms with E-state index in [1.807, 2.05) is 18.7 Å². The van der Waals surface area contributed by atoms with E-state index in [1.165, 1.54) is 17.7 Å². The molecular formula is C15H19N3. The number of hydrogen-bond acceptors (Lipinski definition) is 2. The Balaban J connectivity index is 1.56. The van der Waals surface area contributed by atoms with Crippen molar-refractivity contribution in [2.75, 3.05) is 0 Å². The van der Waals surface area contributed by atoms with Gasteiger partial charge in [-0.05, 0) is 25.0 Å². The maximum Gasteiger partial charge on any atom is 0.0597 e. The summed E-state index contributed by atoms with van der Waals surface area (Å²) < 4.78 is 1.96. The van der Waals surface area contributed by atoms with E-state index in [-0.39, 0.29) is 0 Å². The monoisotopic (exact) mass is 241 g/mol. The minimum Gasteiger partial charge on any atom is -0.308 e. The summed E-state index contributed by atoms with van der Waals surface area (Å²) in [5.41, 5.74) is 3.80. The summed E-state index contributed by atoms with van der Waals surface area (Å²) in [6.07, 6.45) is 1.25. The summed E-state index contributed by atoms with van der Waals surface area (Å²) in [6, 6.07) is 13.5. The average molecular weight is 241 g/mol. The standard InChI is InChI=1S/C15H19N3/c1-11-8-13(18(2)17-11)10-16-15-9-14(15)12-6-4-3-5-7-12/h3-8,14-16H,9-10H2,1-2H3. The Hall–Kier alpha value is -1.61. The maximum absolute atomic E-state index is 4.36. The van der Waals surface area contributed by atoms with Gasteiger partial charge in [-0.2, -0.15) is 5.10 Å². The number of aromatic nitrogens is 2. The zero-order chi connectivity index (χ0) is 12.5. The highest BCUT2D eigenvalue weighted by Crippen LogP contribution is 2.40. The SMILES string of the molecule is Cc1cc(CNC2CC2c2ccccc2)n(C)n1. The third-order valence-electron chi connectivity index (χ3n) is 3.66. The predicted octanol–water partition coefficient (Wildman–Crippen LogP) is 2.37. The summed E-state index contributed by atoms with van der Waals surface area (Å²) in [6.45, 7) is 2.94. The van der Waals surface area contributed by atoms with Gasteiger partial charge in [0.15, 0.2) is 0 Å². The zero-order valence-electron chi connectivity index (χ0n) is 10.9. The third-order valence-corrected chi connectivity index (χ3v) is 3.66. The molecule has 0 aliphatic heterocycles. The highest BCUT2D eigenvalue weighted by Gasteiger charge is 2.37. The van der Waals surface area contributed by atoms with Crippen LogP contribution in [0, 0.1) is 6.92 Å². The van der Waals surface area contributed by atoms with Gasteiger partial charge in [0.1, 0.15) is 0 Å².